The number of pyridine rings is 1. The standard InChI is InChI=1S/C14H12N4O/c1-2-4-11-9(3-1)5-8-12(16-11)13-17-14(19-18-13)15-10-6-7-10/h1-5,8,10H,6-7H2,(H,15,17,18). The van der Waals surface area contributed by atoms with Crippen LogP contribution in [0.1, 0.15) is 12.8 Å². The van der Waals surface area contributed by atoms with E-state index >= 15 is 0 Å². The van der Waals surface area contributed by atoms with E-state index in [1.54, 1.807) is 0 Å². The van der Waals surface area contributed by atoms with Gasteiger partial charge in [-0.1, -0.05) is 29.4 Å². The molecule has 1 aliphatic rings. The number of aromatic nitrogens is 3. The molecular weight excluding hydrogens is 240 g/mol. The lowest BCUT2D eigenvalue weighted by Crippen LogP contribution is -2.00. The lowest BCUT2D eigenvalue weighted by molar-refractivity contribution is 0.431. The third-order valence-corrected chi connectivity index (χ3v) is 3.16. The fourth-order valence-electron chi connectivity index (χ4n) is 1.98. The van der Waals surface area contributed by atoms with E-state index in [-0.39, 0.29) is 0 Å². The molecule has 5 nitrogen and oxygen atoms in total. The van der Waals surface area contributed by atoms with E-state index in [1.807, 2.05) is 36.4 Å². The van der Waals surface area contributed by atoms with E-state index in [0.29, 0.717) is 17.9 Å². The number of anilines is 1. The van der Waals surface area contributed by atoms with Crippen molar-refractivity contribution in [2.24, 2.45) is 0 Å². The molecule has 19 heavy (non-hydrogen) atoms. The first kappa shape index (κ1) is 10.5. The molecule has 4 rings (SSSR count). The Morgan fingerprint density at radius 3 is 2.84 bits per heavy atom. The van der Waals surface area contributed by atoms with Gasteiger partial charge in [0, 0.05) is 11.4 Å². The van der Waals surface area contributed by atoms with Gasteiger partial charge in [0.2, 0.25) is 5.82 Å². The van der Waals surface area contributed by atoms with Crippen molar-refractivity contribution in [3.8, 4) is 11.5 Å². The van der Waals surface area contributed by atoms with Crippen LogP contribution >= 0.6 is 0 Å². The first-order chi connectivity index (χ1) is 9.38. The van der Waals surface area contributed by atoms with Crippen LogP contribution in [-0.2, 0) is 0 Å². The summed E-state index contributed by atoms with van der Waals surface area (Å²) >= 11 is 0. The van der Waals surface area contributed by atoms with Crippen LogP contribution in [0.5, 0.6) is 0 Å². The summed E-state index contributed by atoms with van der Waals surface area (Å²) in [5.74, 6) is 0.522. The van der Waals surface area contributed by atoms with E-state index in [9.17, 15) is 0 Å². The number of nitrogens with zero attached hydrogens (tertiary/aromatic N) is 3. The third-order valence-electron chi connectivity index (χ3n) is 3.16. The normalized spacial score (nSPS) is 14.7. The number of benzene rings is 1. The predicted molar refractivity (Wildman–Crippen MR) is 71.7 cm³/mol. The number of para-hydroxylation sites is 1. The molecule has 0 spiro atoms. The Morgan fingerprint density at radius 1 is 1.05 bits per heavy atom. The summed E-state index contributed by atoms with van der Waals surface area (Å²) in [5.41, 5.74) is 1.66. The molecule has 2 aromatic heterocycles. The van der Waals surface area contributed by atoms with Crippen molar-refractivity contribution in [2.75, 3.05) is 5.32 Å². The summed E-state index contributed by atoms with van der Waals surface area (Å²) in [6.07, 6.45) is 2.35. The molecule has 0 aliphatic heterocycles. The van der Waals surface area contributed by atoms with Crippen molar-refractivity contribution < 1.29 is 4.52 Å². The summed E-state index contributed by atoms with van der Waals surface area (Å²) in [4.78, 5) is 8.86. The van der Waals surface area contributed by atoms with Crippen molar-refractivity contribution in [3.05, 3.63) is 36.4 Å². The lowest BCUT2D eigenvalue weighted by Gasteiger charge is -1.98. The number of hydrogen-bond acceptors (Lipinski definition) is 5. The second-order valence-corrected chi connectivity index (χ2v) is 4.73. The van der Waals surface area contributed by atoms with Gasteiger partial charge in [-0.25, -0.2) is 4.98 Å². The summed E-state index contributed by atoms with van der Waals surface area (Å²) in [6, 6.07) is 12.9. The molecular formula is C14H12N4O. The van der Waals surface area contributed by atoms with Gasteiger partial charge in [0.25, 0.3) is 0 Å². The second kappa shape index (κ2) is 4.05. The summed E-state index contributed by atoms with van der Waals surface area (Å²) in [7, 11) is 0. The lowest BCUT2D eigenvalue weighted by atomic mass is 10.2. The van der Waals surface area contributed by atoms with E-state index in [4.69, 9.17) is 4.52 Å². The second-order valence-electron chi connectivity index (χ2n) is 4.73. The topological polar surface area (TPSA) is 63.8 Å². The molecule has 3 aromatic rings. The van der Waals surface area contributed by atoms with Crippen LogP contribution in [-0.4, -0.2) is 21.2 Å². The Balaban J connectivity index is 1.70. The number of nitrogens with one attached hydrogen (secondary N) is 1. The fourth-order valence-corrected chi connectivity index (χ4v) is 1.98. The molecule has 1 N–H and O–H groups in total. The molecule has 1 aromatic carbocycles. The van der Waals surface area contributed by atoms with Gasteiger partial charge in [-0.2, -0.15) is 4.98 Å². The minimum absolute atomic E-state index is 0.479. The van der Waals surface area contributed by atoms with Crippen LogP contribution in [0.2, 0.25) is 0 Å². The maximum atomic E-state index is 5.17. The monoisotopic (exact) mass is 252 g/mol. The smallest absolute Gasteiger partial charge is 0.322 e. The van der Waals surface area contributed by atoms with Crippen molar-refractivity contribution >= 4 is 16.9 Å². The van der Waals surface area contributed by atoms with Crippen molar-refractivity contribution in [2.45, 2.75) is 18.9 Å². The highest BCUT2D eigenvalue weighted by Crippen LogP contribution is 2.25. The van der Waals surface area contributed by atoms with Crippen LogP contribution in [0.15, 0.2) is 40.9 Å². The van der Waals surface area contributed by atoms with Crippen LogP contribution in [0.25, 0.3) is 22.4 Å². The number of hydrogen-bond donors (Lipinski definition) is 1. The first-order valence-corrected chi connectivity index (χ1v) is 6.35. The molecule has 0 bridgehead atoms. The van der Waals surface area contributed by atoms with Crippen molar-refractivity contribution in [1.29, 1.82) is 0 Å². The van der Waals surface area contributed by atoms with Gasteiger partial charge in [0.05, 0.1) is 5.52 Å². The van der Waals surface area contributed by atoms with E-state index in [2.05, 4.69) is 20.4 Å². The van der Waals surface area contributed by atoms with Crippen LogP contribution in [0.3, 0.4) is 0 Å². The van der Waals surface area contributed by atoms with E-state index in [0.717, 1.165) is 16.6 Å². The molecule has 1 saturated carbocycles. The summed E-state index contributed by atoms with van der Waals surface area (Å²) in [6.45, 7) is 0. The van der Waals surface area contributed by atoms with Crippen LogP contribution in [0.4, 0.5) is 6.01 Å². The maximum absolute atomic E-state index is 5.17. The molecule has 1 aliphatic carbocycles. The minimum atomic E-state index is 0.479. The third kappa shape index (κ3) is 2.03. The molecule has 0 unspecified atom stereocenters. The van der Waals surface area contributed by atoms with Crippen molar-refractivity contribution in [1.82, 2.24) is 15.1 Å². The predicted octanol–water partition coefficient (Wildman–Crippen LogP) is 2.86. The molecule has 5 heteroatoms. The largest absolute Gasteiger partial charge is 0.335 e. The molecule has 0 atom stereocenters. The van der Waals surface area contributed by atoms with E-state index in [1.165, 1.54) is 12.8 Å². The van der Waals surface area contributed by atoms with E-state index < -0.39 is 0 Å². The molecule has 2 heterocycles. The summed E-state index contributed by atoms with van der Waals surface area (Å²) in [5, 5.41) is 8.24. The van der Waals surface area contributed by atoms with Gasteiger partial charge >= 0.3 is 6.01 Å². The molecule has 94 valence electrons. The van der Waals surface area contributed by atoms with Crippen molar-refractivity contribution in [3.63, 3.8) is 0 Å². The number of fused-ring (bicyclic) bond motifs is 1. The van der Waals surface area contributed by atoms with Gasteiger partial charge in [-0.05, 0) is 25.0 Å². The Kier molecular flexibility index (Phi) is 2.24. The average Bonchev–Trinajstić information content (AvgIpc) is 3.14. The molecule has 0 saturated heterocycles. The fraction of sp³-hybridized carbons (Fsp3) is 0.214. The van der Waals surface area contributed by atoms with Gasteiger partial charge in [-0.3, -0.25) is 0 Å². The highest BCUT2D eigenvalue weighted by atomic mass is 16.5. The van der Waals surface area contributed by atoms with Crippen LogP contribution in [0, 0.1) is 0 Å². The Bertz CT molecular complexity index is 733. The zero-order valence-corrected chi connectivity index (χ0v) is 10.2. The first-order valence-electron chi connectivity index (χ1n) is 6.35. The number of rotatable bonds is 3. The minimum Gasteiger partial charge on any atom is -0.335 e. The quantitative estimate of drug-likeness (QED) is 0.776. The van der Waals surface area contributed by atoms with Gasteiger partial charge in [0.15, 0.2) is 0 Å². The molecule has 0 radical (unpaired) electrons. The Labute approximate surface area is 109 Å². The van der Waals surface area contributed by atoms with Gasteiger partial charge in [-0.15, -0.1) is 0 Å². The van der Waals surface area contributed by atoms with Crippen LogP contribution < -0.4 is 5.32 Å². The Morgan fingerprint density at radius 2 is 1.95 bits per heavy atom. The molecule has 0 amide bonds. The highest BCUT2D eigenvalue weighted by Gasteiger charge is 2.23. The van der Waals surface area contributed by atoms with Gasteiger partial charge in [0.1, 0.15) is 5.69 Å². The Hall–Kier alpha value is -2.43. The zero-order chi connectivity index (χ0) is 12.7. The highest BCUT2D eigenvalue weighted by molar-refractivity contribution is 5.80. The maximum Gasteiger partial charge on any atom is 0.322 e. The SMILES string of the molecule is c1ccc2nc(-c3noc(NC4CC4)n3)ccc2c1. The molecule has 1 fully saturated rings. The summed E-state index contributed by atoms with van der Waals surface area (Å²) < 4.78 is 5.17. The van der Waals surface area contributed by atoms with Gasteiger partial charge < -0.3 is 9.84 Å². The average molecular weight is 252 g/mol. The zero-order valence-electron chi connectivity index (χ0n) is 10.2.